The average Bonchev–Trinajstić information content (AvgIpc) is 2.83. The first-order valence-electron chi connectivity index (χ1n) is 5.80. The molecule has 4 nitrogen and oxygen atoms in total. The Morgan fingerprint density at radius 1 is 1.33 bits per heavy atom. The van der Waals surface area contributed by atoms with Gasteiger partial charge in [-0.2, -0.15) is 5.10 Å². The van der Waals surface area contributed by atoms with Gasteiger partial charge in [0.1, 0.15) is 5.82 Å². The number of aromatic nitrogens is 2. The Balaban J connectivity index is 1.75. The standard InChI is InChI=1S/C11H18N4/c1-8-6-11(12)15(13-8)10-4-5-14(7-10)9-2-3-9/h6,9-10H,2-5,7,12H2,1H3. The lowest BCUT2D eigenvalue weighted by atomic mass is 10.3. The number of anilines is 1. The van der Waals surface area contributed by atoms with Gasteiger partial charge in [0, 0.05) is 25.2 Å². The molecule has 2 heterocycles. The Hall–Kier alpha value is -1.03. The number of likely N-dealkylation sites (tertiary alicyclic amines) is 1. The van der Waals surface area contributed by atoms with Gasteiger partial charge >= 0.3 is 0 Å². The van der Waals surface area contributed by atoms with Crippen molar-refractivity contribution in [3.8, 4) is 0 Å². The van der Waals surface area contributed by atoms with Gasteiger partial charge in [-0.3, -0.25) is 4.90 Å². The van der Waals surface area contributed by atoms with E-state index < -0.39 is 0 Å². The van der Waals surface area contributed by atoms with Crippen molar-refractivity contribution in [2.45, 2.75) is 38.3 Å². The van der Waals surface area contributed by atoms with Gasteiger partial charge in [-0.25, -0.2) is 4.68 Å². The molecule has 1 aliphatic heterocycles. The van der Waals surface area contributed by atoms with Crippen LogP contribution in [-0.2, 0) is 0 Å². The molecule has 1 aromatic heterocycles. The molecule has 3 rings (SSSR count). The molecule has 82 valence electrons. The maximum absolute atomic E-state index is 5.94. The van der Waals surface area contributed by atoms with Gasteiger partial charge < -0.3 is 5.73 Å². The number of nitrogens with zero attached hydrogens (tertiary/aromatic N) is 3. The van der Waals surface area contributed by atoms with E-state index in [1.807, 2.05) is 17.7 Å². The average molecular weight is 206 g/mol. The largest absolute Gasteiger partial charge is 0.384 e. The minimum atomic E-state index is 0.499. The van der Waals surface area contributed by atoms with E-state index in [9.17, 15) is 0 Å². The van der Waals surface area contributed by atoms with E-state index in [0.29, 0.717) is 6.04 Å². The second-order valence-electron chi connectivity index (χ2n) is 4.82. The summed E-state index contributed by atoms with van der Waals surface area (Å²) in [4.78, 5) is 2.58. The first-order valence-corrected chi connectivity index (χ1v) is 5.80. The molecule has 1 saturated carbocycles. The Kier molecular flexibility index (Phi) is 1.99. The number of nitrogen functional groups attached to an aromatic ring is 1. The van der Waals surface area contributed by atoms with E-state index in [-0.39, 0.29) is 0 Å². The first kappa shape index (κ1) is 9.21. The van der Waals surface area contributed by atoms with Crippen LogP contribution in [0.25, 0.3) is 0 Å². The van der Waals surface area contributed by atoms with Gasteiger partial charge in [0.25, 0.3) is 0 Å². The maximum Gasteiger partial charge on any atom is 0.122 e. The SMILES string of the molecule is Cc1cc(N)n(C2CCN(C3CC3)C2)n1. The van der Waals surface area contributed by atoms with Crippen LogP contribution in [-0.4, -0.2) is 33.8 Å². The van der Waals surface area contributed by atoms with Gasteiger partial charge in [0.2, 0.25) is 0 Å². The van der Waals surface area contributed by atoms with Gasteiger partial charge in [-0.15, -0.1) is 0 Å². The minimum Gasteiger partial charge on any atom is -0.384 e. The molecule has 0 spiro atoms. The van der Waals surface area contributed by atoms with E-state index in [2.05, 4.69) is 10.00 Å². The van der Waals surface area contributed by atoms with Crippen molar-refractivity contribution in [3.63, 3.8) is 0 Å². The fraction of sp³-hybridized carbons (Fsp3) is 0.727. The van der Waals surface area contributed by atoms with Gasteiger partial charge in [-0.1, -0.05) is 0 Å². The molecule has 0 amide bonds. The summed E-state index contributed by atoms with van der Waals surface area (Å²) in [5.74, 6) is 0.815. The van der Waals surface area contributed by atoms with Crippen LogP contribution >= 0.6 is 0 Å². The zero-order valence-electron chi connectivity index (χ0n) is 9.19. The van der Waals surface area contributed by atoms with E-state index in [1.165, 1.54) is 25.8 Å². The summed E-state index contributed by atoms with van der Waals surface area (Å²) in [5.41, 5.74) is 6.97. The van der Waals surface area contributed by atoms with Crippen molar-refractivity contribution in [1.82, 2.24) is 14.7 Å². The van der Waals surface area contributed by atoms with E-state index >= 15 is 0 Å². The van der Waals surface area contributed by atoms with Gasteiger partial charge in [0.05, 0.1) is 11.7 Å². The van der Waals surface area contributed by atoms with Crippen LogP contribution < -0.4 is 5.73 Å². The molecule has 4 heteroatoms. The molecule has 1 atom stereocenters. The molecule has 2 fully saturated rings. The van der Waals surface area contributed by atoms with Crippen LogP contribution in [0.5, 0.6) is 0 Å². The zero-order valence-corrected chi connectivity index (χ0v) is 9.19. The van der Waals surface area contributed by atoms with Gasteiger partial charge in [0.15, 0.2) is 0 Å². The molecule has 2 N–H and O–H groups in total. The molecule has 0 bridgehead atoms. The number of rotatable bonds is 2. The third-order valence-electron chi connectivity index (χ3n) is 3.49. The smallest absolute Gasteiger partial charge is 0.122 e. The van der Waals surface area contributed by atoms with Crippen LogP contribution in [0.2, 0.25) is 0 Å². The summed E-state index contributed by atoms with van der Waals surface area (Å²) < 4.78 is 2.01. The minimum absolute atomic E-state index is 0.499. The molecule has 1 aromatic rings. The number of aryl methyl sites for hydroxylation is 1. The molecule has 0 radical (unpaired) electrons. The highest BCUT2D eigenvalue weighted by atomic mass is 15.4. The molecule has 1 unspecified atom stereocenters. The second-order valence-corrected chi connectivity index (χ2v) is 4.82. The number of hydrogen-bond acceptors (Lipinski definition) is 3. The topological polar surface area (TPSA) is 47.1 Å². The predicted molar refractivity (Wildman–Crippen MR) is 59.6 cm³/mol. The fourth-order valence-corrected chi connectivity index (χ4v) is 2.57. The van der Waals surface area contributed by atoms with Gasteiger partial charge in [-0.05, 0) is 26.2 Å². The lowest BCUT2D eigenvalue weighted by Crippen LogP contribution is -2.24. The van der Waals surface area contributed by atoms with E-state index in [4.69, 9.17) is 5.73 Å². The van der Waals surface area contributed by atoms with Crippen molar-refractivity contribution < 1.29 is 0 Å². The summed E-state index contributed by atoms with van der Waals surface area (Å²) in [7, 11) is 0. The van der Waals surface area contributed by atoms with Crippen molar-refractivity contribution in [1.29, 1.82) is 0 Å². The van der Waals surface area contributed by atoms with Crippen LogP contribution in [0.1, 0.15) is 31.0 Å². The highest BCUT2D eigenvalue weighted by Gasteiger charge is 2.35. The molecule has 1 saturated heterocycles. The van der Waals surface area contributed by atoms with Crippen molar-refractivity contribution >= 4 is 5.82 Å². The third-order valence-corrected chi connectivity index (χ3v) is 3.49. The van der Waals surface area contributed by atoms with E-state index in [0.717, 1.165) is 24.1 Å². The quantitative estimate of drug-likeness (QED) is 0.790. The van der Waals surface area contributed by atoms with Crippen LogP contribution in [0.4, 0.5) is 5.82 Å². The maximum atomic E-state index is 5.94. The normalized spacial score (nSPS) is 27.4. The number of hydrogen-bond donors (Lipinski definition) is 1. The zero-order chi connectivity index (χ0) is 10.4. The molecular formula is C11H18N4. The molecule has 0 aromatic carbocycles. The Labute approximate surface area is 90.0 Å². The van der Waals surface area contributed by atoms with Crippen LogP contribution in [0.3, 0.4) is 0 Å². The highest BCUT2D eigenvalue weighted by molar-refractivity contribution is 5.31. The van der Waals surface area contributed by atoms with Crippen molar-refractivity contribution in [2.75, 3.05) is 18.8 Å². The molecule has 15 heavy (non-hydrogen) atoms. The number of nitrogens with two attached hydrogens (primary N) is 1. The Bertz CT molecular complexity index is 367. The van der Waals surface area contributed by atoms with Crippen LogP contribution in [0, 0.1) is 6.92 Å². The molecule has 1 aliphatic carbocycles. The predicted octanol–water partition coefficient (Wildman–Crippen LogP) is 1.18. The molecule has 2 aliphatic rings. The highest BCUT2D eigenvalue weighted by Crippen LogP contribution is 2.33. The summed E-state index contributed by atoms with van der Waals surface area (Å²) in [6.45, 7) is 4.35. The summed E-state index contributed by atoms with van der Waals surface area (Å²) >= 11 is 0. The fourth-order valence-electron chi connectivity index (χ4n) is 2.57. The van der Waals surface area contributed by atoms with Crippen molar-refractivity contribution in [3.05, 3.63) is 11.8 Å². The lowest BCUT2D eigenvalue weighted by Gasteiger charge is -2.15. The van der Waals surface area contributed by atoms with Crippen LogP contribution in [0.15, 0.2) is 6.07 Å². The molecular weight excluding hydrogens is 188 g/mol. The monoisotopic (exact) mass is 206 g/mol. The first-order chi connectivity index (χ1) is 7.24. The second kappa shape index (κ2) is 3.23. The van der Waals surface area contributed by atoms with E-state index in [1.54, 1.807) is 0 Å². The summed E-state index contributed by atoms with van der Waals surface area (Å²) in [5, 5.41) is 4.47. The summed E-state index contributed by atoms with van der Waals surface area (Å²) in [6.07, 6.45) is 3.97. The third kappa shape index (κ3) is 1.63. The Morgan fingerprint density at radius 3 is 2.73 bits per heavy atom. The summed E-state index contributed by atoms with van der Waals surface area (Å²) in [6, 6.07) is 3.33. The lowest BCUT2D eigenvalue weighted by molar-refractivity contribution is 0.310. The Morgan fingerprint density at radius 2 is 2.13 bits per heavy atom. The van der Waals surface area contributed by atoms with Crippen molar-refractivity contribution in [2.24, 2.45) is 0 Å².